The van der Waals surface area contributed by atoms with Crippen molar-refractivity contribution >= 4 is 0 Å². The van der Waals surface area contributed by atoms with Crippen molar-refractivity contribution in [1.29, 1.82) is 0 Å². The van der Waals surface area contributed by atoms with Gasteiger partial charge in [0.15, 0.2) is 11.5 Å². The Labute approximate surface area is 91.1 Å². The molecule has 1 aromatic carbocycles. The molecule has 1 aromatic rings. The van der Waals surface area contributed by atoms with Crippen LogP contribution in [0.5, 0.6) is 11.5 Å². The van der Waals surface area contributed by atoms with Crippen LogP contribution in [0.3, 0.4) is 0 Å². The maximum atomic E-state index is 9.57. The highest BCUT2D eigenvalue weighted by atomic mass is 16.5. The van der Waals surface area contributed by atoms with Gasteiger partial charge in [0.25, 0.3) is 0 Å². The summed E-state index contributed by atoms with van der Waals surface area (Å²) in [5, 5.41) is 12.8. The molecule has 0 radical (unpaired) electrons. The molecule has 1 atom stereocenters. The molecule has 0 aliphatic carbocycles. The first-order valence-electron chi connectivity index (χ1n) is 5.12. The van der Waals surface area contributed by atoms with Crippen molar-refractivity contribution < 1.29 is 9.84 Å². The first-order chi connectivity index (χ1) is 7.08. The maximum absolute atomic E-state index is 9.57. The third-order valence-corrected chi connectivity index (χ3v) is 2.66. The number of rotatable bonds is 4. The average molecular weight is 209 g/mol. The number of methoxy groups -OCH3 is 1. The van der Waals surface area contributed by atoms with Crippen molar-refractivity contribution in [2.45, 2.75) is 26.3 Å². The maximum Gasteiger partial charge on any atom is 0.160 e. The summed E-state index contributed by atoms with van der Waals surface area (Å²) >= 11 is 0. The molecule has 0 saturated heterocycles. The zero-order valence-corrected chi connectivity index (χ0v) is 9.79. The van der Waals surface area contributed by atoms with Gasteiger partial charge in [-0.1, -0.05) is 0 Å². The summed E-state index contributed by atoms with van der Waals surface area (Å²) in [4.78, 5) is 0. The van der Waals surface area contributed by atoms with E-state index in [0.29, 0.717) is 11.8 Å². The van der Waals surface area contributed by atoms with E-state index in [1.165, 1.54) is 5.56 Å². The molecule has 3 nitrogen and oxygen atoms in total. The Hall–Kier alpha value is -1.22. The van der Waals surface area contributed by atoms with Crippen LogP contribution >= 0.6 is 0 Å². The fraction of sp³-hybridized carbons (Fsp3) is 0.500. The minimum Gasteiger partial charge on any atom is -0.504 e. The highest BCUT2D eigenvalue weighted by molar-refractivity contribution is 5.46. The molecule has 3 heteroatoms. The molecule has 84 valence electrons. The van der Waals surface area contributed by atoms with Crippen molar-refractivity contribution in [2.75, 3.05) is 14.2 Å². The first kappa shape index (κ1) is 11.9. The van der Waals surface area contributed by atoms with Crippen molar-refractivity contribution in [1.82, 2.24) is 5.32 Å². The Balaban J connectivity index is 2.97. The lowest BCUT2D eigenvalue weighted by molar-refractivity contribution is 0.372. The summed E-state index contributed by atoms with van der Waals surface area (Å²) in [5.41, 5.74) is 2.29. The summed E-state index contributed by atoms with van der Waals surface area (Å²) < 4.78 is 5.09. The number of nitrogens with one attached hydrogen (secondary N) is 1. The SMILES string of the molecule is CNC(C)Cc1cc(OC)c(O)cc1C. The number of benzene rings is 1. The smallest absolute Gasteiger partial charge is 0.160 e. The van der Waals surface area contributed by atoms with E-state index in [4.69, 9.17) is 4.74 Å². The number of ether oxygens (including phenoxy) is 1. The third-order valence-electron chi connectivity index (χ3n) is 2.66. The summed E-state index contributed by atoms with van der Waals surface area (Å²) in [5.74, 6) is 0.745. The molecule has 0 fully saturated rings. The van der Waals surface area contributed by atoms with E-state index >= 15 is 0 Å². The molecule has 0 spiro atoms. The lowest BCUT2D eigenvalue weighted by Gasteiger charge is -2.14. The van der Waals surface area contributed by atoms with E-state index in [0.717, 1.165) is 12.0 Å². The number of hydrogen-bond acceptors (Lipinski definition) is 3. The Bertz CT molecular complexity index is 337. The van der Waals surface area contributed by atoms with E-state index in [1.54, 1.807) is 13.2 Å². The lowest BCUT2D eigenvalue weighted by atomic mass is 10.0. The van der Waals surface area contributed by atoms with Gasteiger partial charge in [-0.25, -0.2) is 0 Å². The summed E-state index contributed by atoms with van der Waals surface area (Å²) in [7, 11) is 3.51. The fourth-order valence-electron chi connectivity index (χ4n) is 1.53. The molecule has 0 bridgehead atoms. The van der Waals surface area contributed by atoms with E-state index < -0.39 is 0 Å². The van der Waals surface area contributed by atoms with Crippen LogP contribution in [-0.2, 0) is 6.42 Å². The van der Waals surface area contributed by atoms with Gasteiger partial charge in [0, 0.05) is 6.04 Å². The minimum atomic E-state index is 0.205. The second-order valence-corrected chi connectivity index (χ2v) is 3.84. The molecule has 1 unspecified atom stereocenters. The highest BCUT2D eigenvalue weighted by Crippen LogP contribution is 2.29. The zero-order chi connectivity index (χ0) is 11.4. The van der Waals surface area contributed by atoms with Gasteiger partial charge in [0.05, 0.1) is 7.11 Å². The predicted molar refractivity (Wildman–Crippen MR) is 61.6 cm³/mol. The Kier molecular flexibility index (Phi) is 3.97. The first-order valence-corrected chi connectivity index (χ1v) is 5.12. The molecule has 1 rings (SSSR count). The van der Waals surface area contributed by atoms with Gasteiger partial charge in [-0.3, -0.25) is 0 Å². The van der Waals surface area contributed by atoms with E-state index in [2.05, 4.69) is 12.2 Å². The molecule has 0 aromatic heterocycles. The zero-order valence-electron chi connectivity index (χ0n) is 9.79. The van der Waals surface area contributed by atoms with Crippen LogP contribution in [0.15, 0.2) is 12.1 Å². The third kappa shape index (κ3) is 2.86. The van der Waals surface area contributed by atoms with Crippen LogP contribution in [0.2, 0.25) is 0 Å². The number of aryl methyl sites for hydroxylation is 1. The van der Waals surface area contributed by atoms with E-state index in [-0.39, 0.29) is 5.75 Å². The van der Waals surface area contributed by atoms with Crippen LogP contribution in [0.25, 0.3) is 0 Å². The van der Waals surface area contributed by atoms with Crippen LogP contribution in [0.4, 0.5) is 0 Å². The lowest BCUT2D eigenvalue weighted by Crippen LogP contribution is -2.23. The van der Waals surface area contributed by atoms with Crippen LogP contribution < -0.4 is 10.1 Å². The van der Waals surface area contributed by atoms with Crippen molar-refractivity contribution in [3.05, 3.63) is 23.3 Å². The Morgan fingerprint density at radius 2 is 2.13 bits per heavy atom. The van der Waals surface area contributed by atoms with Crippen LogP contribution in [-0.4, -0.2) is 25.3 Å². The summed E-state index contributed by atoms with van der Waals surface area (Å²) in [6.07, 6.45) is 0.930. The van der Waals surface area contributed by atoms with Crippen molar-refractivity contribution in [2.24, 2.45) is 0 Å². The van der Waals surface area contributed by atoms with Gasteiger partial charge in [-0.2, -0.15) is 0 Å². The molecule has 0 aliphatic heterocycles. The molecule has 0 saturated carbocycles. The standard InChI is InChI=1S/C12H19NO2/c1-8-5-11(14)12(15-4)7-10(8)6-9(2)13-3/h5,7,9,13-14H,6H2,1-4H3. The van der Waals surface area contributed by atoms with Crippen molar-refractivity contribution in [3.63, 3.8) is 0 Å². The normalized spacial score (nSPS) is 12.5. The van der Waals surface area contributed by atoms with Gasteiger partial charge in [-0.05, 0) is 50.6 Å². The second-order valence-electron chi connectivity index (χ2n) is 3.84. The van der Waals surface area contributed by atoms with Crippen LogP contribution in [0, 0.1) is 6.92 Å². The molecular weight excluding hydrogens is 190 g/mol. The Morgan fingerprint density at radius 3 is 2.67 bits per heavy atom. The number of phenolic OH excluding ortho intramolecular Hbond substituents is 1. The van der Waals surface area contributed by atoms with E-state index in [9.17, 15) is 5.11 Å². The fourth-order valence-corrected chi connectivity index (χ4v) is 1.53. The molecule has 0 heterocycles. The molecular formula is C12H19NO2. The number of likely N-dealkylation sites (N-methyl/N-ethyl adjacent to an activating group) is 1. The quantitative estimate of drug-likeness (QED) is 0.795. The van der Waals surface area contributed by atoms with E-state index in [1.807, 2.05) is 20.0 Å². The number of phenols is 1. The monoisotopic (exact) mass is 209 g/mol. The largest absolute Gasteiger partial charge is 0.504 e. The average Bonchev–Trinajstić information content (AvgIpc) is 2.21. The summed E-state index contributed by atoms with van der Waals surface area (Å²) in [6.45, 7) is 4.12. The van der Waals surface area contributed by atoms with Gasteiger partial charge < -0.3 is 15.2 Å². The van der Waals surface area contributed by atoms with Crippen molar-refractivity contribution in [3.8, 4) is 11.5 Å². The number of aromatic hydroxyl groups is 1. The topological polar surface area (TPSA) is 41.5 Å². The number of hydrogen-bond donors (Lipinski definition) is 2. The highest BCUT2D eigenvalue weighted by Gasteiger charge is 2.09. The molecule has 15 heavy (non-hydrogen) atoms. The Morgan fingerprint density at radius 1 is 1.47 bits per heavy atom. The van der Waals surface area contributed by atoms with Gasteiger partial charge in [0.1, 0.15) is 0 Å². The molecule has 0 amide bonds. The van der Waals surface area contributed by atoms with Gasteiger partial charge in [-0.15, -0.1) is 0 Å². The second kappa shape index (κ2) is 5.03. The minimum absolute atomic E-state index is 0.205. The van der Waals surface area contributed by atoms with Gasteiger partial charge >= 0.3 is 0 Å². The van der Waals surface area contributed by atoms with Gasteiger partial charge in [0.2, 0.25) is 0 Å². The molecule has 2 N–H and O–H groups in total. The predicted octanol–water partition coefficient (Wildman–Crippen LogP) is 1.86. The summed E-state index contributed by atoms with van der Waals surface area (Å²) in [6, 6.07) is 4.06. The molecule has 0 aliphatic rings. The van der Waals surface area contributed by atoms with Crippen LogP contribution in [0.1, 0.15) is 18.1 Å².